The van der Waals surface area contributed by atoms with Crippen molar-refractivity contribution in [1.29, 1.82) is 0 Å². The minimum Gasteiger partial charge on any atom is -0.544 e. The topological polar surface area (TPSA) is 75.2 Å². The standard InChI is InChI=1S/C18H17Cl2NO4S/c1-24-16-7-10(17-21-14(9-26-17)18(22)23)5-6-15(16)25-8-11-12(19)3-2-4-13(11)20/h2-7,14,17,21H,8-9H2,1H3,(H,22,23)/t14-,17-/m1/s1. The molecular formula is C18H17Cl2NO4S. The van der Waals surface area contributed by atoms with Crippen LogP contribution in [0.25, 0.3) is 0 Å². The lowest BCUT2D eigenvalue weighted by Crippen LogP contribution is -2.90. The normalized spacial score (nSPS) is 19.3. The molecule has 5 nitrogen and oxygen atoms in total. The van der Waals surface area contributed by atoms with E-state index in [1.165, 1.54) is 0 Å². The smallest absolute Gasteiger partial charge is 0.161 e. The van der Waals surface area contributed by atoms with Crippen LogP contribution in [0.5, 0.6) is 11.5 Å². The van der Waals surface area contributed by atoms with Gasteiger partial charge in [-0.3, -0.25) is 0 Å². The molecule has 2 atom stereocenters. The van der Waals surface area contributed by atoms with Crippen molar-refractivity contribution < 1.29 is 24.7 Å². The molecule has 0 radical (unpaired) electrons. The van der Waals surface area contributed by atoms with Gasteiger partial charge in [-0.15, -0.1) is 0 Å². The fourth-order valence-corrected chi connectivity index (χ4v) is 4.49. The van der Waals surface area contributed by atoms with Crippen LogP contribution in [0.1, 0.15) is 16.5 Å². The maximum absolute atomic E-state index is 11.0. The van der Waals surface area contributed by atoms with Gasteiger partial charge in [0, 0.05) is 21.2 Å². The highest BCUT2D eigenvalue weighted by molar-refractivity contribution is 7.99. The Kier molecular flexibility index (Phi) is 6.19. The number of methoxy groups -OCH3 is 1. The summed E-state index contributed by atoms with van der Waals surface area (Å²) in [5.74, 6) is 0.602. The Morgan fingerprint density at radius 2 is 2.00 bits per heavy atom. The number of benzene rings is 2. The van der Waals surface area contributed by atoms with E-state index < -0.39 is 12.0 Å². The number of hydrogen-bond donors (Lipinski definition) is 1. The van der Waals surface area contributed by atoms with Crippen molar-refractivity contribution in [2.45, 2.75) is 18.0 Å². The molecule has 0 spiro atoms. The molecule has 0 unspecified atom stereocenters. The van der Waals surface area contributed by atoms with Gasteiger partial charge in [-0.25, -0.2) is 0 Å². The average molecular weight is 414 g/mol. The van der Waals surface area contributed by atoms with Crippen molar-refractivity contribution in [3.8, 4) is 11.5 Å². The third-order valence-electron chi connectivity index (χ3n) is 4.12. The molecule has 0 saturated carbocycles. The second kappa shape index (κ2) is 8.39. The van der Waals surface area contributed by atoms with Gasteiger partial charge in [-0.2, -0.15) is 0 Å². The Morgan fingerprint density at radius 3 is 2.62 bits per heavy atom. The molecule has 2 aromatic rings. The van der Waals surface area contributed by atoms with Crippen LogP contribution in [-0.4, -0.2) is 24.9 Å². The van der Waals surface area contributed by atoms with Gasteiger partial charge in [0.15, 0.2) is 16.9 Å². The molecule has 3 rings (SSSR count). The average Bonchev–Trinajstić information content (AvgIpc) is 3.12. The number of carboxylic acid groups (broad SMARTS) is 1. The van der Waals surface area contributed by atoms with E-state index in [1.54, 1.807) is 48.5 Å². The number of thioether (sulfide) groups is 1. The minimum absolute atomic E-state index is 0.0149. The molecule has 0 aliphatic carbocycles. The zero-order valence-electron chi connectivity index (χ0n) is 13.9. The fraction of sp³-hybridized carbons (Fsp3) is 0.278. The molecule has 2 aromatic carbocycles. The van der Waals surface area contributed by atoms with Crippen LogP contribution in [-0.2, 0) is 11.4 Å². The van der Waals surface area contributed by atoms with E-state index >= 15 is 0 Å². The number of ether oxygens (including phenoxy) is 2. The number of nitrogens with two attached hydrogens (primary N) is 1. The summed E-state index contributed by atoms with van der Waals surface area (Å²) in [6.45, 7) is 0.214. The molecule has 138 valence electrons. The Balaban J connectivity index is 1.74. The number of halogens is 2. The molecule has 1 aliphatic rings. The summed E-state index contributed by atoms with van der Waals surface area (Å²) in [6, 6.07) is 10.3. The van der Waals surface area contributed by atoms with Crippen LogP contribution >= 0.6 is 35.0 Å². The third-order valence-corrected chi connectivity index (χ3v) is 6.16. The molecule has 0 aromatic heterocycles. The lowest BCUT2D eigenvalue weighted by molar-refractivity contribution is -0.690. The highest BCUT2D eigenvalue weighted by atomic mass is 35.5. The lowest BCUT2D eigenvalue weighted by atomic mass is 10.2. The predicted octanol–water partition coefficient (Wildman–Crippen LogP) is 2.01. The second-order valence-electron chi connectivity index (χ2n) is 5.77. The van der Waals surface area contributed by atoms with Crippen molar-refractivity contribution >= 4 is 40.9 Å². The number of carbonyl (C=O) groups is 1. The summed E-state index contributed by atoms with van der Waals surface area (Å²) in [6.07, 6.45) is 0. The van der Waals surface area contributed by atoms with Crippen molar-refractivity contribution in [2.75, 3.05) is 12.9 Å². The van der Waals surface area contributed by atoms with Crippen LogP contribution in [0, 0.1) is 0 Å². The molecule has 1 heterocycles. The molecule has 2 N–H and O–H groups in total. The Bertz CT molecular complexity index is 798. The number of carbonyl (C=O) groups excluding carboxylic acids is 1. The number of quaternary nitrogens is 1. The quantitative estimate of drug-likeness (QED) is 0.783. The summed E-state index contributed by atoms with van der Waals surface area (Å²) < 4.78 is 11.3. The summed E-state index contributed by atoms with van der Waals surface area (Å²) in [5.41, 5.74) is 1.66. The maximum Gasteiger partial charge on any atom is 0.161 e. The van der Waals surface area contributed by atoms with E-state index in [4.69, 9.17) is 32.7 Å². The molecule has 1 saturated heterocycles. The zero-order valence-corrected chi connectivity index (χ0v) is 16.2. The van der Waals surface area contributed by atoms with Gasteiger partial charge in [0.2, 0.25) is 0 Å². The highest BCUT2D eigenvalue weighted by Gasteiger charge is 2.31. The van der Waals surface area contributed by atoms with Crippen molar-refractivity contribution in [3.05, 3.63) is 57.6 Å². The second-order valence-corrected chi connectivity index (χ2v) is 7.76. The summed E-state index contributed by atoms with van der Waals surface area (Å²) >= 11 is 13.9. The zero-order chi connectivity index (χ0) is 18.7. The largest absolute Gasteiger partial charge is 0.544 e. The first-order valence-electron chi connectivity index (χ1n) is 7.90. The van der Waals surface area contributed by atoms with E-state index in [-0.39, 0.29) is 12.0 Å². The van der Waals surface area contributed by atoms with Crippen LogP contribution in [0.2, 0.25) is 10.0 Å². The predicted molar refractivity (Wildman–Crippen MR) is 99.7 cm³/mol. The van der Waals surface area contributed by atoms with Crippen LogP contribution < -0.4 is 19.9 Å². The van der Waals surface area contributed by atoms with E-state index in [0.29, 0.717) is 32.9 Å². The first kappa shape index (κ1) is 19.2. The Hall–Kier alpha value is -1.60. The minimum atomic E-state index is -1.04. The Labute approximate surface area is 165 Å². The lowest BCUT2D eigenvalue weighted by Gasteiger charge is -2.15. The number of aliphatic carboxylic acids is 1. The molecule has 0 amide bonds. The Morgan fingerprint density at radius 1 is 1.27 bits per heavy atom. The first-order chi connectivity index (χ1) is 12.5. The van der Waals surface area contributed by atoms with Gasteiger partial charge in [0.25, 0.3) is 0 Å². The van der Waals surface area contributed by atoms with Crippen molar-refractivity contribution in [2.24, 2.45) is 0 Å². The number of rotatable bonds is 6. The fourth-order valence-electron chi connectivity index (χ4n) is 2.68. The third kappa shape index (κ3) is 4.20. The van der Waals surface area contributed by atoms with Gasteiger partial charge in [0.05, 0.1) is 12.9 Å². The van der Waals surface area contributed by atoms with Crippen molar-refractivity contribution in [1.82, 2.24) is 0 Å². The SMILES string of the molecule is COc1cc([C@@H]2[NH2+][C@@H](C(=O)[O-])CS2)ccc1OCc1c(Cl)cccc1Cl. The summed E-state index contributed by atoms with van der Waals surface area (Å²) in [5, 5.41) is 13.9. The van der Waals surface area contributed by atoms with Gasteiger partial charge in [-0.05, 0) is 30.3 Å². The van der Waals surface area contributed by atoms with E-state index in [0.717, 1.165) is 5.56 Å². The summed E-state index contributed by atoms with van der Waals surface area (Å²) in [4.78, 5) is 11.0. The van der Waals surface area contributed by atoms with Crippen LogP contribution in [0.15, 0.2) is 36.4 Å². The van der Waals surface area contributed by atoms with Crippen LogP contribution in [0.4, 0.5) is 0 Å². The van der Waals surface area contributed by atoms with E-state index in [2.05, 4.69) is 0 Å². The maximum atomic E-state index is 11.0. The first-order valence-corrected chi connectivity index (χ1v) is 9.71. The molecule has 26 heavy (non-hydrogen) atoms. The van der Waals surface area contributed by atoms with E-state index in [9.17, 15) is 9.90 Å². The van der Waals surface area contributed by atoms with Crippen molar-refractivity contribution in [3.63, 3.8) is 0 Å². The molecule has 1 fully saturated rings. The molecule has 8 heteroatoms. The van der Waals surface area contributed by atoms with E-state index in [1.807, 2.05) is 12.1 Å². The van der Waals surface area contributed by atoms with Gasteiger partial charge in [0.1, 0.15) is 18.6 Å². The van der Waals surface area contributed by atoms with Crippen LogP contribution in [0.3, 0.4) is 0 Å². The molecule has 1 aliphatic heterocycles. The number of carboxylic acids is 1. The summed E-state index contributed by atoms with van der Waals surface area (Å²) in [7, 11) is 1.56. The molecule has 0 bridgehead atoms. The highest BCUT2D eigenvalue weighted by Crippen LogP contribution is 2.35. The molecular weight excluding hydrogens is 397 g/mol. The van der Waals surface area contributed by atoms with Gasteiger partial charge < -0.3 is 24.7 Å². The monoisotopic (exact) mass is 413 g/mol. The number of hydrogen-bond acceptors (Lipinski definition) is 5. The van der Waals surface area contributed by atoms with Gasteiger partial charge >= 0.3 is 0 Å². The van der Waals surface area contributed by atoms with Gasteiger partial charge in [-0.1, -0.05) is 41.0 Å².